The van der Waals surface area contributed by atoms with Gasteiger partial charge in [-0.05, 0) is 58.2 Å². The monoisotopic (exact) mass is 314 g/mol. The van der Waals surface area contributed by atoms with Gasteiger partial charge in [-0.1, -0.05) is 18.2 Å². The van der Waals surface area contributed by atoms with E-state index in [1.807, 2.05) is 6.20 Å². The van der Waals surface area contributed by atoms with Crippen LogP contribution in [0.1, 0.15) is 11.1 Å². The molecule has 2 nitrogen and oxygen atoms in total. The van der Waals surface area contributed by atoms with E-state index in [-0.39, 0.29) is 0 Å². The number of aryl methyl sites for hydroxylation is 1. The zero-order valence-corrected chi connectivity index (χ0v) is 12.3. The standard InChI is InChI=1S/C16H15BrN2/c1-11-5-6-14(17)16(9-11)19-10-12-3-2-4-15-13(12)7-8-18-15/h2-9,18-19H,10H2,1H3. The highest BCUT2D eigenvalue weighted by Gasteiger charge is 2.03. The molecule has 1 heterocycles. The smallest absolute Gasteiger partial charge is 0.0489 e. The summed E-state index contributed by atoms with van der Waals surface area (Å²) < 4.78 is 1.10. The number of anilines is 1. The van der Waals surface area contributed by atoms with Crippen molar-refractivity contribution >= 4 is 32.5 Å². The molecule has 0 radical (unpaired) electrons. The molecule has 0 spiro atoms. The van der Waals surface area contributed by atoms with Gasteiger partial charge in [-0.3, -0.25) is 0 Å². The summed E-state index contributed by atoms with van der Waals surface area (Å²) in [5, 5.41) is 4.77. The molecule has 2 aromatic carbocycles. The molecular formula is C16H15BrN2. The fourth-order valence-electron chi connectivity index (χ4n) is 2.27. The van der Waals surface area contributed by atoms with Crippen molar-refractivity contribution in [2.75, 3.05) is 5.32 Å². The third kappa shape index (κ3) is 2.51. The Morgan fingerprint density at radius 3 is 2.95 bits per heavy atom. The topological polar surface area (TPSA) is 27.8 Å². The van der Waals surface area contributed by atoms with Crippen LogP contribution in [0.4, 0.5) is 5.69 Å². The molecule has 0 aliphatic rings. The fourth-order valence-corrected chi connectivity index (χ4v) is 2.66. The molecule has 0 saturated heterocycles. The first kappa shape index (κ1) is 12.3. The van der Waals surface area contributed by atoms with Gasteiger partial charge in [-0.2, -0.15) is 0 Å². The van der Waals surface area contributed by atoms with E-state index in [2.05, 4.69) is 75.6 Å². The van der Waals surface area contributed by atoms with Crippen molar-refractivity contribution in [3.63, 3.8) is 0 Å². The molecule has 0 aliphatic carbocycles. The number of aromatic nitrogens is 1. The number of nitrogens with one attached hydrogen (secondary N) is 2. The zero-order chi connectivity index (χ0) is 13.2. The maximum atomic E-state index is 3.58. The van der Waals surface area contributed by atoms with Gasteiger partial charge in [0.2, 0.25) is 0 Å². The Hall–Kier alpha value is -1.74. The molecule has 0 unspecified atom stereocenters. The first-order chi connectivity index (χ1) is 9.24. The van der Waals surface area contributed by atoms with Crippen LogP contribution in [0.15, 0.2) is 53.1 Å². The summed E-state index contributed by atoms with van der Waals surface area (Å²) in [6.45, 7) is 2.92. The number of fused-ring (bicyclic) bond motifs is 1. The minimum atomic E-state index is 0.817. The van der Waals surface area contributed by atoms with Crippen LogP contribution in [-0.2, 0) is 6.54 Å². The second-order valence-electron chi connectivity index (χ2n) is 4.69. The first-order valence-corrected chi connectivity index (χ1v) is 7.08. The maximum Gasteiger partial charge on any atom is 0.0489 e. The second-order valence-corrected chi connectivity index (χ2v) is 5.55. The Labute approximate surface area is 121 Å². The van der Waals surface area contributed by atoms with Crippen LogP contribution < -0.4 is 5.32 Å². The van der Waals surface area contributed by atoms with Gasteiger partial charge in [0.1, 0.15) is 0 Å². The predicted molar refractivity (Wildman–Crippen MR) is 84.5 cm³/mol. The molecule has 3 rings (SSSR count). The maximum absolute atomic E-state index is 3.58. The number of rotatable bonds is 3. The molecule has 0 amide bonds. The summed E-state index contributed by atoms with van der Waals surface area (Å²) in [6.07, 6.45) is 1.98. The molecule has 3 heteroatoms. The summed E-state index contributed by atoms with van der Waals surface area (Å²) in [5.74, 6) is 0. The third-order valence-corrected chi connectivity index (χ3v) is 3.97. The Bertz CT molecular complexity index is 716. The van der Waals surface area contributed by atoms with Crippen LogP contribution >= 0.6 is 15.9 Å². The predicted octanol–water partition coefficient (Wildman–Crippen LogP) is 4.85. The molecule has 19 heavy (non-hydrogen) atoms. The van der Waals surface area contributed by atoms with Crippen LogP contribution in [0.25, 0.3) is 10.9 Å². The summed E-state index contributed by atoms with van der Waals surface area (Å²) in [6, 6.07) is 14.8. The molecular weight excluding hydrogens is 300 g/mol. The van der Waals surface area contributed by atoms with Crippen LogP contribution in [0, 0.1) is 6.92 Å². The largest absolute Gasteiger partial charge is 0.380 e. The highest BCUT2D eigenvalue weighted by molar-refractivity contribution is 9.10. The summed E-state index contributed by atoms with van der Waals surface area (Å²) in [5.41, 5.74) is 4.87. The average Bonchev–Trinajstić information content (AvgIpc) is 2.88. The number of hydrogen-bond donors (Lipinski definition) is 2. The van der Waals surface area contributed by atoms with Crippen LogP contribution in [0.3, 0.4) is 0 Å². The van der Waals surface area contributed by atoms with Crippen molar-refractivity contribution in [2.45, 2.75) is 13.5 Å². The molecule has 0 bridgehead atoms. The van der Waals surface area contributed by atoms with Crippen LogP contribution in [0.5, 0.6) is 0 Å². The lowest BCUT2D eigenvalue weighted by molar-refractivity contribution is 1.16. The van der Waals surface area contributed by atoms with E-state index >= 15 is 0 Å². The molecule has 0 saturated carbocycles. The van der Waals surface area contributed by atoms with E-state index in [9.17, 15) is 0 Å². The van der Waals surface area contributed by atoms with Gasteiger partial charge in [0.15, 0.2) is 0 Å². The molecule has 1 aromatic heterocycles. The summed E-state index contributed by atoms with van der Waals surface area (Å²) in [4.78, 5) is 3.24. The van der Waals surface area contributed by atoms with Crippen molar-refractivity contribution in [1.82, 2.24) is 4.98 Å². The molecule has 0 aliphatic heterocycles. The van der Waals surface area contributed by atoms with Gasteiger partial charge < -0.3 is 10.3 Å². The van der Waals surface area contributed by atoms with E-state index in [4.69, 9.17) is 0 Å². The van der Waals surface area contributed by atoms with E-state index in [0.29, 0.717) is 0 Å². The van der Waals surface area contributed by atoms with Gasteiger partial charge >= 0.3 is 0 Å². The van der Waals surface area contributed by atoms with Crippen LogP contribution in [-0.4, -0.2) is 4.98 Å². The van der Waals surface area contributed by atoms with E-state index in [1.165, 1.54) is 22.0 Å². The van der Waals surface area contributed by atoms with Crippen molar-refractivity contribution in [3.05, 3.63) is 64.3 Å². The van der Waals surface area contributed by atoms with Gasteiger partial charge in [-0.25, -0.2) is 0 Å². The van der Waals surface area contributed by atoms with Crippen molar-refractivity contribution in [1.29, 1.82) is 0 Å². The lowest BCUT2D eigenvalue weighted by Crippen LogP contribution is -2.00. The van der Waals surface area contributed by atoms with E-state index in [0.717, 1.165) is 16.7 Å². The van der Waals surface area contributed by atoms with Gasteiger partial charge in [-0.15, -0.1) is 0 Å². The molecule has 0 atom stereocenters. The Morgan fingerprint density at radius 1 is 1.16 bits per heavy atom. The number of H-pyrrole nitrogens is 1. The van der Waals surface area contributed by atoms with Crippen molar-refractivity contribution < 1.29 is 0 Å². The molecule has 0 fully saturated rings. The second kappa shape index (κ2) is 5.10. The van der Waals surface area contributed by atoms with Crippen molar-refractivity contribution in [3.8, 4) is 0 Å². The number of hydrogen-bond acceptors (Lipinski definition) is 1. The van der Waals surface area contributed by atoms with Gasteiger partial charge in [0.25, 0.3) is 0 Å². The van der Waals surface area contributed by atoms with Crippen LogP contribution in [0.2, 0.25) is 0 Å². The van der Waals surface area contributed by atoms with Gasteiger partial charge in [0.05, 0.1) is 0 Å². The summed E-state index contributed by atoms with van der Waals surface area (Å²) in [7, 11) is 0. The number of halogens is 1. The van der Waals surface area contributed by atoms with E-state index < -0.39 is 0 Å². The quantitative estimate of drug-likeness (QED) is 0.710. The lowest BCUT2D eigenvalue weighted by Gasteiger charge is -2.10. The third-order valence-electron chi connectivity index (χ3n) is 3.28. The first-order valence-electron chi connectivity index (χ1n) is 6.29. The Balaban J connectivity index is 1.86. The van der Waals surface area contributed by atoms with Gasteiger partial charge in [0, 0.05) is 33.8 Å². The van der Waals surface area contributed by atoms with Crippen molar-refractivity contribution in [2.24, 2.45) is 0 Å². The minimum absolute atomic E-state index is 0.817. The Kier molecular flexibility index (Phi) is 3.30. The number of aromatic amines is 1. The molecule has 2 N–H and O–H groups in total. The average molecular weight is 315 g/mol. The van der Waals surface area contributed by atoms with E-state index in [1.54, 1.807) is 0 Å². The lowest BCUT2D eigenvalue weighted by atomic mass is 10.1. The summed E-state index contributed by atoms with van der Waals surface area (Å²) >= 11 is 3.58. The molecule has 96 valence electrons. The Morgan fingerprint density at radius 2 is 2.05 bits per heavy atom. The zero-order valence-electron chi connectivity index (χ0n) is 10.7. The highest BCUT2D eigenvalue weighted by atomic mass is 79.9. The minimum Gasteiger partial charge on any atom is -0.380 e. The fraction of sp³-hybridized carbons (Fsp3) is 0.125. The normalized spacial score (nSPS) is 10.8. The molecule has 3 aromatic rings. The highest BCUT2D eigenvalue weighted by Crippen LogP contribution is 2.25. The number of benzene rings is 2. The SMILES string of the molecule is Cc1ccc(Br)c(NCc2cccc3[nH]ccc23)c1.